The first-order valence-electron chi connectivity index (χ1n) is 8.81. The van der Waals surface area contributed by atoms with Gasteiger partial charge in [0.25, 0.3) is 0 Å². The van der Waals surface area contributed by atoms with Crippen molar-refractivity contribution in [2.45, 2.75) is 51.4 Å². The molecule has 0 unspecified atom stereocenters. The lowest BCUT2D eigenvalue weighted by molar-refractivity contribution is -0.120. The lowest BCUT2D eigenvalue weighted by Gasteiger charge is -2.10. The van der Waals surface area contributed by atoms with Gasteiger partial charge in [0.1, 0.15) is 0 Å². The molecule has 0 aliphatic rings. The Kier molecular flexibility index (Phi) is 8.04. The number of unbranched alkanes of at least 4 members (excludes halogenated alkanes) is 6. The van der Waals surface area contributed by atoms with E-state index in [-0.39, 0.29) is 5.91 Å². The van der Waals surface area contributed by atoms with Crippen LogP contribution in [0, 0.1) is 0 Å². The van der Waals surface area contributed by atoms with Gasteiger partial charge in [-0.3, -0.25) is 20.6 Å². The van der Waals surface area contributed by atoms with E-state index in [0.29, 0.717) is 13.0 Å². The van der Waals surface area contributed by atoms with Gasteiger partial charge in [-0.1, -0.05) is 50.3 Å². The summed E-state index contributed by atoms with van der Waals surface area (Å²) in [4.78, 5) is 16.2. The minimum absolute atomic E-state index is 0.0103. The molecule has 1 heterocycles. The molecule has 2 rings (SSSR count). The average Bonchev–Trinajstić information content (AvgIpc) is 2.62. The maximum absolute atomic E-state index is 11.9. The molecule has 0 bridgehead atoms. The summed E-state index contributed by atoms with van der Waals surface area (Å²) in [6.45, 7) is 0.292. The monoisotopic (exact) mass is 329 g/mol. The molecular weight excluding hydrogens is 302 g/mol. The van der Waals surface area contributed by atoms with Gasteiger partial charge in [0, 0.05) is 24.6 Å². The molecule has 24 heavy (non-hydrogen) atoms. The third kappa shape index (κ3) is 6.16. The third-order valence-electron chi connectivity index (χ3n) is 4.05. The summed E-state index contributed by atoms with van der Waals surface area (Å²) in [6.07, 6.45) is 9.75. The topological polar surface area (TPSA) is 74.2 Å². The van der Waals surface area contributed by atoms with Gasteiger partial charge in [-0.2, -0.15) is 0 Å². The second kappa shape index (κ2) is 10.6. The summed E-state index contributed by atoms with van der Waals surface area (Å²) in [6, 6.07) is 9.69. The van der Waals surface area contributed by atoms with E-state index in [2.05, 4.69) is 15.8 Å². The second-order valence-corrected chi connectivity index (χ2v) is 6.00. The van der Waals surface area contributed by atoms with Crippen LogP contribution in [0.4, 0.5) is 5.69 Å². The number of anilines is 1. The fourth-order valence-electron chi connectivity index (χ4n) is 2.69. The van der Waals surface area contributed by atoms with Gasteiger partial charge in [0.05, 0.1) is 11.2 Å². The molecule has 130 valence electrons. The SMILES string of the molecule is O=C(CCCCCCCCCO)NNc1ccnc2ccccc12. The van der Waals surface area contributed by atoms with Gasteiger partial charge in [-0.05, 0) is 25.0 Å². The van der Waals surface area contributed by atoms with E-state index >= 15 is 0 Å². The van der Waals surface area contributed by atoms with E-state index in [1.807, 2.05) is 30.3 Å². The number of fused-ring (bicyclic) bond motifs is 1. The molecule has 0 aliphatic heterocycles. The maximum atomic E-state index is 11.9. The standard InChI is InChI=1S/C19H27N3O2/c23-15-9-5-3-1-2-4-6-12-19(24)22-21-18-13-14-20-17-11-8-7-10-16(17)18/h7-8,10-11,13-14,23H,1-6,9,12,15H2,(H,20,21)(H,22,24). The number of hydrogen-bond acceptors (Lipinski definition) is 4. The van der Waals surface area contributed by atoms with Crippen LogP contribution >= 0.6 is 0 Å². The normalized spacial score (nSPS) is 10.7. The van der Waals surface area contributed by atoms with Crippen LogP contribution in [0.2, 0.25) is 0 Å². The molecule has 0 aliphatic carbocycles. The Hall–Kier alpha value is -2.14. The first kappa shape index (κ1) is 18.2. The number of hydrogen-bond donors (Lipinski definition) is 3. The van der Waals surface area contributed by atoms with Crippen molar-refractivity contribution in [3.63, 3.8) is 0 Å². The highest BCUT2D eigenvalue weighted by Gasteiger charge is 2.03. The summed E-state index contributed by atoms with van der Waals surface area (Å²) < 4.78 is 0. The van der Waals surface area contributed by atoms with Crippen LogP contribution in [0.3, 0.4) is 0 Å². The van der Waals surface area contributed by atoms with Crippen LogP contribution in [0.1, 0.15) is 51.4 Å². The summed E-state index contributed by atoms with van der Waals surface area (Å²) in [5.74, 6) is 0.0103. The number of aliphatic hydroxyl groups excluding tert-OH is 1. The molecule has 0 spiro atoms. The van der Waals surface area contributed by atoms with Crippen molar-refractivity contribution in [3.8, 4) is 0 Å². The molecule has 0 atom stereocenters. The molecule has 1 amide bonds. The first-order valence-corrected chi connectivity index (χ1v) is 8.81. The fraction of sp³-hybridized carbons (Fsp3) is 0.474. The first-order chi connectivity index (χ1) is 11.8. The zero-order chi connectivity index (χ0) is 17.0. The van der Waals surface area contributed by atoms with E-state index in [0.717, 1.165) is 48.7 Å². The van der Waals surface area contributed by atoms with Crippen molar-refractivity contribution < 1.29 is 9.90 Å². The molecule has 1 aromatic heterocycles. The molecule has 0 fully saturated rings. The van der Waals surface area contributed by atoms with E-state index < -0.39 is 0 Å². The second-order valence-electron chi connectivity index (χ2n) is 6.00. The van der Waals surface area contributed by atoms with Gasteiger partial charge >= 0.3 is 0 Å². The lowest BCUT2D eigenvalue weighted by atomic mass is 10.1. The number of nitrogens with one attached hydrogen (secondary N) is 2. The van der Waals surface area contributed by atoms with Gasteiger partial charge in [-0.15, -0.1) is 0 Å². The predicted molar refractivity (Wildman–Crippen MR) is 97.5 cm³/mol. The largest absolute Gasteiger partial charge is 0.396 e. The summed E-state index contributed by atoms with van der Waals surface area (Å²) in [5, 5.41) is 9.69. The zero-order valence-corrected chi connectivity index (χ0v) is 14.1. The van der Waals surface area contributed by atoms with Gasteiger partial charge in [0.15, 0.2) is 0 Å². The van der Waals surface area contributed by atoms with Crippen molar-refractivity contribution >= 4 is 22.5 Å². The van der Waals surface area contributed by atoms with Crippen molar-refractivity contribution in [3.05, 3.63) is 36.5 Å². The van der Waals surface area contributed by atoms with E-state index in [9.17, 15) is 4.79 Å². The van der Waals surface area contributed by atoms with Crippen LogP contribution in [-0.4, -0.2) is 22.6 Å². The number of rotatable bonds is 11. The van der Waals surface area contributed by atoms with Crippen LogP contribution in [-0.2, 0) is 4.79 Å². The van der Waals surface area contributed by atoms with E-state index in [4.69, 9.17) is 5.11 Å². The number of aromatic nitrogens is 1. The number of nitrogens with zero attached hydrogens (tertiary/aromatic N) is 1. The van der Waals surface area contributed by atoms with E-state index in [1.165, 1.54) is 12.8 Å². The number of pyridine rings is 1. The molecule has 0 saturated carbocycles. The minimum Gasteiger partial charge on any atom is -0.396 e. The Bertz CT molecular complexity index is 626. The fourth-order valence-corrected chi connectivity index (χ4v) is 2.69. The molecule has 0 radical (unpaired) electrons. The quantitative estimate of drug-likeness (QED) is 0.433. The predicted octanol–water partition coefficient (Wildman–Crippen LogP) is 3.79. The number of carbonyl (C=O) groups excluding carboxylic acids is 1. The number of para-hydroxylation sites is 1. The summed E-state index contributed by atoms with van der Waals surface area (Å²) in [7, 11) is 0. The molecule has 0 saturated heterocycles. The Morgan fingerprint density at radius 3 is 2.46 bits per heavy atom. The van der Waals surface area contributed by atoms with Gasteiger partial charge in [-0.25, -0.2) is 0 Å². The average molecular weight is 329 g/mol. The number of benzene rings is 1. The van der Waals surface area contributed by atoms with Crippen molar-refractivity contribution in [2.75, 3.05) is 12.0 Å². The van der Waals surface area contributed by atoms with Crippen LogP contribution in [0.25, 0.3) is 10.9 Å². The van der Waals surface area contributed by atoms with E-state index in [1.54, 1.807) is 6.20 Å². The minimum atomic E-state index is 0.0103. The van der Waals surface area contributed by atoms with Crippen LogP contribution in [0.15, 0.2) is 36.5 Å². The molecule has 3 N–H and O–H groups in total. The molecule has 2 aromatic rings. The lowest BCUT2D eigenvalue weighted by Crippen LogP contribution is -2.29. The summed E-state index contributed by atoms with van der Waals surface area (Å²) >= 11 is 0. The Balaban J connectivity index is 1.63. The highest BCUT2D eigenvalue weighted by atomic mass is 16.2. The van der Waals surface area contributed by atoms with Crippen molar-refractivity contribution in [1.82, 2.24) is 10.4 Å². The zero-order valence-electron chi connectivity index (χ0n) is 14.1. The number of aliphatic hydroxyl groups is 1. The number of hydrazine groups is 1. The number of carbonyl (C=O) groups is 1. The molecule has 5 nitrogen and oxygen atoms in total. The third-order valence-corrected chi connectivity index (χ3v) is 4.05. The maximum Gasteiger partial charge on any atom is 0.238 e. The highest BCUT2D eigenvalue weighted by Crippen LogP contribution is 2.20. The Labute approximate surface area is 143 Å². The van der Waals surface area contributed by atoms with Crippen LogP contribution in [0.5, 0.6) is 0 Å². The van der Waals surface area contributed by atoms with Crippen LogP contribution < -0.4 is 10.9 Å². The van der Waals surface area contributed by atoms with Gasteiger partial charge in [0.2, 0.25) is 5.91 Å². The van der Waals surface area contributed by atoms with Crippen molar-refractivity contribution in [1.29, 1.82) is 0 Å². The Morgan fingerprint density at radius 2 is 1.67 bits per heavy atom. The van der Waals surface area contributed by atoms with Crippen molar-refractivity contribution in [2.24, 2.45) is 0 Å². The van der Waals surface area contributed by atoms with Gasteiger partial charge < -0.3 is 5.11 Å². The smallest absolute Gasteiger partial charge is 0.238 e. The summed E-state index contributed by atoms with van der Waals surface area (Å²) in [5.41, 5.74) is 7.52. The molecule has 1 aromatic carbocycles. The highest BCUT2D eigenvalue weighted by molar-refractivity contribution is 5.91. The number of amides is 1. The molecular formula is C19H27N3O2. The molecule has 5 heteroatoms. The Morgan fingerprint density at radius 1 is 0.958 bits per heavy atom.